The highest BCUT2D eigenvalue weighted by Gasteiger charge is 2.21. The molecule has 1 aliphatic heterocycles. The van der Waals surface area contributed by atoms with Gasteiger partial charge in [-0.3, -0.25) is 10.1 Å². The Hall–Kier alpha value is -2.44. The molecule has 0 saturated carbocycles. The van der Waals surface area contributed by atoms with Crippen LogP contribution >= 0.6 is 0 Å². The van der Waals surface area contributed by atoms with E-state index in [9.17, 15) is 14.9 Å². The van der Waals surface area contributed by atoms with E-state index < -0.39 is 24.1 Å². The van der Waals surface area contributed by atoms with E-state index >= 15 is 0 Å². The Labute approximate surface area is 102 Å². The number of ether oxygens (including phenoxy) is 1. The van der Waals surface area contributed by atoms with Crippen molar-refractivity contribution in [2.24, 2.45) is 5.10 Å². The molecule has 17 heavy (non-hydrogen) atoms. The lowest BCUT2D eigenvalue weighted by Gasteiger charge is -2.03. The lowest BCUT2D eigenvalue weighted by molar-refractivity contribution is -0.385. The number of carbonyl (C=O) groups excluding carboxylic acids is 1. The molecule has 7 heteroatoms. The van der Waals surface area contributed by atoms with Crippen molar-refractivity contribution in [3.8, 4) is 0 Å². The highest BCUT2D eigenvalue weighted by atomic mass is 16.6. The number of para-hydroxylation sites is 1. The van der Waals surface area contributed by atoms with Crippen LogP contribution in [0.3, 0.4) is 0 Å². The molecule has 0 N–H and O–H groups in total. The van der Waals surface area contributed by atoms with Gasteiger partial charge in [-0.05, 0) is 6.07 Å². The topological polar surface area (TPSA) is 85.0 Å². The molecular weight excluding hydrogens is 226 g/mol. The Balaban J connectivity index is 2.34. The third-order valence-electron chi connectivity index (χ3n) is 1.91. The number of rotatable bonds is 3. The number of hydrogen-bond acceptors (Lipinski definition) is 5. The number of cyclic esters (lactones) is 1. The summed E-state index contributed by atoms with van der Waals surface area (Å²) in [6.45, 7) is -5.70. The Morgan fingerprint density at radius 3 is 3.00 bits per heavy atom. The lowest BCUT2D eigenvalue weighted by Crippen LogP contribution is -2.17. The molecule has 2 rings (SSSR count). The van der Waals surface area contributed by atoms with E-state index in [1.807, 2.05) is 0 Å². The van der Waals surface area contributed by atoms with E-state index in [1.54, 1.807) is 0 Å². The van der Waals surface area contributed by atoms with Gasteiger partial charge in [-0.25, -0.2) is 4.79 Å². The van der Waals surface area contributed by atoms with Gasteiger partial charge in [0.15, 0.2) is 0 Å². The van der Waals surface area contributed by atoms with Crippen molar-refractivity contribution < 1.29 is 19.9 Å². The van der Waals surface area contributed by atoms with E-state index in [-0.39, 0.29) is 16.3 Å². The number of nitro groups is 1. The van der Waals surface area contributed by atoms with Gasteiger partial charge >= 0.3 is 6.09 Å². The average molecular weight is 239 g/mol. The van der Waals surface area contributed by atoms with E-state index in [2.05, 4.69) is 9.84 Å². The van der Waals surface area contributed by atoms with E-state index in [4.69, 9.17) is 5.48 Å². The van der Waals surface area contributed by atoms with E-state index in [1.165, 1.54) is 24.3 Å². The fourth-order valence-corrected chi connectivity index (χ4v) is 1.16. The molecule has 1 aromatic rings. The van der Waals surface area contributed by atoms with Crippen LogP contribution in [0.1, 0.15) is 11.0 Å². The summed E-state index contributed by atoms with van der Waals surface area (Å²) in [5.74, 6) is 0. The van der Waals surface area contributed by atoms with Gasteiger partial charge in [0, 0.05) is 6.07 Å². The molecule has 1 amide bonds. The first-order chi connectivity index (χ1) is 9.67. The second kappa shape index (κ2) is 4.60. The first-order valence-corrected chi connectivity index (χ1v) is 4.47. The highest BCUT2D eigenvalue weighted by Crippen LogP contribution is 2.15. The van der Waals surface area contributed by atoms with Gasteiger partial charge in [-0.1, -0.05) is 12.1 Å². The molecule has 0 spiro atoms. The number of nitrogens with zero attached hydrogens (tertiary/aromatic N) is 3. The first-order valence-electron chi connectivity index (χ1n) is 6.47. The largest absolute Gasteiger partial charge is 0.446 e. The molecule has 7 nitrogen and oxygen atoms in total. The first kappa shape index (κ1) is 7.00. The summed E-state index contributed by atoms with van der Waals surface area (Å²) in [5, 5.41) is 14.5. The maximum Gasteiger partial charge on any atom is 0.430 e. The van der Waals surface area contributed by atoms with Crippen LogP contribution in [-0.4, -0.2) is 35.3 Å². The normalized spacial score (nSPS) is 24.7. The summed E-state index contributed by atoms with van der Waals surface area (Å²) in [5.41, 5.74) is -0.240. The quantitative estimate of drug-likeness (QED) is 0.453. The van der Waals surface area contributed by atoms with Crippen molar-refractivity contribution in [2.45, 2.75) is 0 Å². The molecule has 1 aliphatic rings. The van der Waals surface area contributed by atoms with E-state index in [0.717, 1.165) is 6.21 Å². The minimum absolute atomic E-state index is 0.0403. The number of amides is 1. The van der Waals surface area contributed by atoms with E-state index in [0.29, 0.717) is 0 Å². The summed E-state index contributed by atoms with van der Waals surface area (Å²) in [6, 6.07) is 5.52. The van der Waals surface area contributed by atoms with Gasteiger partial charge < -0.3 is 4.74 Å². The highest BCUT2D eigenvalue weighted by molar-refractivity contribution is 5.86. The average Bonchev–Trinajstić information content (AvgIpc) is 2.52. The molecular formula is C10H9N3O4. The number of benzene rings is 1. The van der Waals surface area contributed by atoms with Crippen LogP contribution in [0.4, 0.5) is 10.5 Å². The zero-order chi connectivity index (χ0) is 15.8. The predicted octanol–water partition coefficient (Wildman–Crippen LogP) is 1.38. The van der Waals surface area contributed by atoms with Crippen LogP contribution < -0.4 is 0 Å². The molecule has 1 fully saturated rings. The summed E-state index contributed by atoms with van der Waals surface area (Å²) >= 11 is 0. The van der Waals surface area contributed by atoms with Crippen molar-refractivity contribution in [3.05, 3.63) is 39.9 Å². The molecule has 1 aromatic carbocycles. The maximum absolute atomic E-state index is 11.4. The molecule has 0 radical (unpaired) electrons. The Kier molecular flexibility index (Phi) is 1.89. The third-order valence-corrected chi connectivity index (χ3v) is 1.91. The fourth-order valence-electron chi connectivity index (χ4n) is 1.16. The summed E-state index contributed by atoms with van der Waals surface area (Å²) < 4.78 is 33.8. The van der Waals surface area contributed by atoms with Gasteiger partial charge in [-0.2, -0.15) is 10.1 Å². The Morgan fingerprint density at radius 2 is 2.35 bits per heavy atom. The van der Waals surface area contributed by atoms with Gasteiger partial charge in [0.05, 0.1) is 28.7 Å². The lowest BCUT2D eigenvalue weighted by atomic mass is 10.2. The number of hydrazone groups is 1. The summed E-state index contributed by atoms with van der Waals surface area (Å²) in [4.78, 5) is 21.6. The fraction of sp³-hybridized carbons (Fsp3) is 0.200. The van der Waals surface area contributed by atoms with Crippen LogP contribution in [0.2, 0.25) is 0 Å². The SMILES string of the molecule is [2H]C1([2H])OC(=O)N(N=Cc2ccccc2[N+](=O)[O-])C1([2H])[2H]. The van der Waals surface area contributed by atoms with Crippen molar-refractivity contribution in [2.75, 3.05) is 13.1 Å². The maximum atomic E-state index is 11.4. The summed E-state index contributed by atoms with van der Waals surface area (Å²) in [6.07, 6.45) is -0.418. The molecule has 1 heterocycles. The Morgan fingerprint density at radius 1 is 1.59 bits per heavy atom. The Bertz CT molecular complexity index is 634. The van der Waals surface area contributed by atoms with Crippen molar-refractivity contribution in [1.82, 2.24) is 5.01 Å². The zero-order valence-corrected chi connectivity index (χ0v) is 8.36. The molecule has 88 valence electrons. The van der Waals surface area contributed by atoms with Crippen LogP contribution in [-0.2, 0) is 4.74 Å². The third kappa shape index (κ3) is 2.39. The van der Waals surface area contributed by atoms with Gasteiger partial charge in [-0.15, -0.1) is 0 Å². The van der Waals surface area contributed by atoms with Crippen molar-refractivity contribution in [1.29, 1.82) is 0 Å². The van der Waals surface area contributed by atoms with Crippen LogP contribution in [0.25, 0.3) is 0 Å². The van der Waals surface area contributed by atoms with Crippen LogP contribution in [0, 0.1) is 10.1 Å². The van der Waals surface area contributed by atoms with Crippen molar-refractivity contribution >= 4 is 18.0 Å². The van der Waals surface area contributed by atoms with Gasteiger partial charge in [0.1, 0.15) is 6.56 Å². The van der Waals surface area contributed by atoms with Gasteiger partial charge in [0.2, 0.25) is 0 Å². The zero-order valence-electron chi connectivity index (χ0n) is 12.4. The second-order valence-electron chi connectivity index (χ2n) is 2.95. The molecule has 0 atom stereocenters. The standard InChI is InChI=1S/C10H9N3O4/c14-10-12(5-6-17-10)11-7-8-3-1-2-4-9(8)13(15)16/h1-4,7H,5-6H2/i5D2,6D2. The molecule has 0 aliphatic carbocycles. The molecule has 0 unspecified atom stereocenters. The van der Waals surface area contributed by atoms with Crippen LogP contribution in [0.5, 0.6) is 0 Å². The van der Waals surface area contributed by atoms with Crippen LogP contribution in [0.15, 0.2) is 29.4 Å². The smallest absolute Gasteiger partial charge is 0.430 e. The molecule has 0 bridgehead atoms. The molecule has 0 aromatic heterocycles. The number of carbonyl (C=O) groups is 1. The predicted molar refractivity (Wildman–Crippen MR) is 58.7 cm³/mol. The molecule has 1 saturated heterocycles. The van der Waals surface area contributed by atoms with Crippen molar-refractivity contribution in [3.63, 3.8) is 0 Å². The van der Waals surface area contributed by atoms with Gasteiger partial charge in [0.25, 0.3) is 5.69 Å². The second-order valence-corrected chi connectivity index (χ2v) is 2.95. The monoisotopic (exact) mass is 239 g/mol. The number of hydrogen-bond donors (Lipinski definition) is 0. The minimum Gasteiger partial charge on any atom is -0.446 e. The summed E-state index contributed by atoms with van der Waals surface area (Å²) in [7, 11) is 0. The number of nitro benzene ring substituents is 1. The minimum atomic E-state index is -2.87.